The predicted octanol–water partition coefficient (Wildman–Crippen LogP) is 1.98. The highest BCUT2D eigenvalue weighted by Gasteiger charge is 2.22. The molecular formula is C13H24O4S. The van der Waals surface area contributed by atoms with Gasteiger partial charge in [-0.1, -0.05) is 12.8 Å². The summed E-state index contributed by atoms with van der Waals surface area (Å²) in [6.07, 6.45) is 6.68. The Morgan fingerprint density at radius 1 is 1.28 bits per heavy atom. The number of carbonyl (C=O) groups is 1. The molecule has 0 bridgehead atoms. The number of Topliss-reactive ketones (excluding diaryl/α,β-unsaturated/α-hetero) is 1. The van der Waals surface area contributed by atoms with Crippen molar-refractivity contribution in [3.05, 3.63) is 0 Å². The molecule has 0 aromatic carbocycles. The number of unbranched alkanes of at least 4 members (excludes halogenated alkanes) is 1. The lowest BCUT2D eigenvalue weighted by Gasteiger charge is -2.21. The molecule has 0 aliphatic carbocycles. The topological polar surface area (TPSA) is 60.4 Å². The lowest BCUT2D eigenvalue weighted by molar-refractivity contribution is -0.118. The number of hydrogen-bond acceptors (Lipinski definition) is 4. The SMILES string of the molecule is CC(C(=O)CCCCC1CCOCC1)S(C)(=O)=O. The van der Waals surface area contributed by atoms with Gasteiger partial charge in [0.1, 0.15) is 5.25 Å². The van der Waals surface area contributed by atoms with Crippen LogP contribution in [-0.2, 0) is 19.4 Å². The maximum atomic E-state index is 11.6. The van der Waals surface area contributed by atoms with Gasteiger partial charge in [0.25, 0.3) is 0 Å². The van der Waals surface area contributed by atoms with E-state index in [1.807, 2.05) is 0 Å². The van der Waals surface area contributed by atoms with Crippen molar-refractivity contribution in [3.63, 3.8) is 0 Å². The summed E-state index contributed by atoms with van der Waals surface area (Å²) in [7, 11) is -3.23. The second-order valence-electron chi connectivity index (χ2n) is 5.24. The van der Waals surface area contributed by atoms with Crippen LogP contribution in [0.5, 0.6) is 0 Å². The summed E-state index contributed by atoms with van der Waals surface area (Å²) >= 11 is 0. The Morgan fingerprint density at radius 3 is 2.44 bits per heavy atom. The van der Waals surface area contributed by atoms with Crippen molar-refractivity contribution >= 4 is 15.6 Å². The van der Waals surface area contributed by atoms with Crippen LogP contribution in [0, 0.1) is 5.92 Å². The number of carbonyl (C=O) groups excluding carboxylic acids is 1. The molecule has 1 saturated heterocycles. The number of hydrogen-bond donors (Lipinski definition) is 0. The molecule has 1 fully saturated rings. The maximum absolute atomic E-state index is 11.6. The molecule has 1 aliphatic heterocycles. The van der Waals surface area contributed by atoms with E-state index in [2.05, 4.69) is 0 Å². The number of sulfone groups is 1. The maximum Gasteiger partial charge on any atom is 0.157 e. The summed E-state index contributed by atoms with van der Waals surface area (Å²) in [5.74, 6) is 0.575. The van der Waals surface area contributed by atoms with E-state index in [0.717, 1.165) is 57.5 Å². The van der Waals surface area contributed by atoms with Crippen LogP contribution in [0.4, 0.5) is 0 Å². The fourth-order valence-electron chi connectivity index (χ4n) is 2.21. The number of ketones is 1. The Balaban J connectivity index is 2.15. The summed E-state index contributed by atoms with van der Waals surface area (Å²) in [5, 5.41) is -0.847. The lowest BCUT2D eigenvalue weighted by Crippen LogP contribution is -2.26. The largest absolute Gasteiger partial charge is 0.381 e. The molecule has 5 heteroatoms. The molecule has 1 heterocycles. The minimum absolute atomic E-state index is 0.149. The molecule has 1 atom stereocenters. The summed E-state index contributed by atoms with van der Waals surface area (Å²) in [6.45, 7) is 3.19. The Labute approximate surface area is 110 Å². The van der Waals surface area contributed by atoms with Gasteiger partial charge in [0.15, 0.2) is 15.6 Å². The zero-order valence-electron chi connectivity index (χ0n) is 11.4. The molecule has 0 aromatic rings. The molecule has 0 amide bonds. The van der Waals surface area contributed by atoms with Gasteiger partial charge >= 0.3 is 0 Å². The fourth-order valence-corrected chi connectivity index (χ4v) is 2.80. The van der Waals surface area contributed by atoms with Gasteiger partial charge in [-0.15, -0.1) is 0 Å². The normalized spacial score (nSPS) is 19.7. The highest BCUT2D eigenvalue weighted by molar-refractivity contribution is 7.92. The molecule has 0 N–H and O–H groups in total. The Bertz CT molecular complexity index is 355. The van der Waals surface area contributed by atoms with Gasteiger partial charge < -0.3 is 4.74 Å². The first-order valence-corrected chi connectivity index (χ1v) is 8.66. The van der Waals surface area contributed by atoms with Crippen LogP contribution in [0.3, 0.4) is 0 Å². The Hall–Kier alpha value is -0.420. The first kappa shape index (κ1) is 15.6. The monoisotopic (exact) mass is 276 g/mol. The molecule has 4 nitrogen and oxygen atoms in total. The molecule has 0 saturated carbocycles. The number of rotatable bonds is 7. The molecule has 0 spiro atoms. The second kappa shape index (κ2) is 7.24. The zero-order chi connectivity index (χ0) is 13.6. The van der Waals surface area contributed by atoms with Crippen LogP contribution < -0.4 is 0 Å². The highest BCUT2D eigenvalue weighted by atomic mass is 32.2. The molecular weight excluding hydrogens is 252 g/mol. The summed E-state index contributed by atoms with van der Waals surface area (Å²) in [4.78, 5) is 11.6. The Kier molecular flexibility index (Phi) is 6.29. The van der Waals surface area contributed by atoms with Gasteiger partial charge in [-0.05, 0) is 32.1 Å². The van der Waals surface area contributed by atoms with E-state index in [4.69, 9.17) is 4.74 Å². The molecule has 1 unspecified atom stereocenters. The van der Waals surface area contributed by atoms with E-state index in [-0.39, 0.29) is 5.78 Å². The van der Waals surface area contributed by atoms with Gasteiger partial charge in [0.05, 0.1) is 0 Å². The van der Waals surface area contributed by atoms with Crippen LogP contribution in [0.2, 0.25) is 0 Å². The Morgan fingerprint density at radius 2 is 1.89 bits per heavy atom. The minimum Gasteiger partial charge on any atom is -0.381 e. The van der Waals surface area contributed by atoms with Crippen LogP contribution in [0.1, 0.15) is 45.4 Å². The van der Waals surface area contributed by atoms with Crippen LogP contribution in [-0.4, -0.2) is 38.9 Å². The van der Waals surface area contributed by atoms with Crippen LogP contribution in [0.25, 0.3) is 0 Å². The number of ether oxygens (including phenoxy) is 1. The van der Waals surface area contributed by atoms with Crippen molar-refractivity contribution in [2.24, 2.45) is 5.92 Å². The van der Waals surface area contributed by atoms with Crippen molar-refractivity contribution in [3.8, 4) is 0 Å². The van der Waals surface area contributed by atoms with Gasteiger partial charge in [0, 0.05) is 25.9 Å². The third kappa shape index (κ3) is 5.48. The van der Waals surface area contributed by atoms with Crippen molar-refractivity contribution in [1.29, 1.82) is 0 Å². The molecule has 0 aromatic heterocycles. The van der Waals surface area contributed by atoms with E-state index < -0.39 is 15.1 Å². The molecule has 106 valence electrons. The summed E-state index contributed by atoms with van der Waals surface area (Å²) in [6, 6.07) is 0. The summed E-state index contributed by atoms with van der Waals surface area (Å²) in [5.41, 5.74) is 0. The molecule has 1 aliphatic rings. The van der Waals surface area contributed by atoms with E-state index in [1.165, 1.54) is 6.92 Å². The van der Waals surface area contributed by atoms with Crippen LogP contribution in [0.15, 0.2) is 0 Å². The molecule has 0 radical (unpaired) electrons. The van der Waals surface area contributed by atoms with E-state index >= 15 is 0 Å². The standard InChI is InChI=1S/C13H24O4S/c1-11(18(2,15)16)13(14)6-4-3-5-12-7-9-17-10-8-12/h11-12H,3-10H2,1-2H3. The van der Waals surface area contributed by atoms with E-state index in [0.29, 0.717) is 6.42 Å². The zero-order valence-corrected chi connectivity index (χ0v) is 12.2. The minimum atomic E-state index is -3.23. The van der Waals surface area contributed by atoms with E-state index in [9.17, 15) is 13.2 Å². The smallest absolute Gasteiger partial charge is 0.157 e. The second-order valence-corrected chi connectivity index (χ2v) is 7.61. The lowest BCUT2D eigenvalue weighted by atomic mass is 9.93. The molecule has 18 heavy (non-hydrogen) atoms. The fraction of sp³-hybridized carbons (Fsp3) is 0.923. The first-order valence-electron chi connectivity index (χ1n) is 6.70. The third-order valence-corrected chi connectivity index (χ3v) is 5.27. The van der Waals surface area contributed by atoms with Gasteiger partial charge in [-0.25, -0.2) is 8.42 Å². The first-order chi connectivity index (χ1) is 8.41. The summed E-state index contributed by atoms with van der Waals surface area (Å²) < 4.78 is 27.7. The van der Waals surface area contributed by atoms with Crippen LogP contribution >= 0.6 is 0 Å². The molecule has 1 rings (SSSR count). The predicted molar refractivity (Wildman–Crippen MR) is 71.3 cm³/mol. The van der Waals surface area contributed by atoms with Crippen molar-refractivity contribution in [2.45, 2.75) is 50.7 Å². The highest BCUT2D eigenvalue weighted by Crippen LogP contribution is 2.21. The van der Waals surface area contributed by atoms with Gasteiger partial charge in [-0.3, -0.25) is 4.79 Å². The average Bonchev–Trinajstić information content (AvgIpc) is 2.33. The van der Waals surface area contributed by atoms with Gasteiger partial charge in [-0.2, -0.15) is 0 Å². The third-order valence-electron chi connectivity index (χ3n) is 3.72. The van der Waals surface area contributed by atoms with E-state index in [1.54, 1.807) is 0 Å². The average molecular weight is 276 g/mol. The van der Waals surface area contributed by atoms with Crippen molar-refractivity contribution in [2.75, 3.05) is 19.5 Å². The van der Waals surface area contributed by atoms with Crippen molar-refractivity contribution < 1.29 is 17.9 Å². The quantitative estimate of drug-likeness (QED) is 0.667. The van der Waals surface area contributed by atoms with Crippen molar-refractivity contribution in [1.82, 2.24) is 0 Å². The van der Waals surface area contributed by atoms with Gasteiger partial charge in [0.2, 0.25) is 0 Å².